The van der Waals surface area contributed by atoms with Gasteiger partial charge in [0, 0.05) is 9.92 Å². The SMILES string of the molecule is N#Cc1ccnnc1Sc1cccc(Cl)c1. The van der Waals surface area contributed by atoms with E-state index in [1.807, 2.05) is 18.2 Å². The Kier molecular flexibility index (Phi) is 3.40. The molecule has 0 radical (unpaired) electrons. The van der Waals surface area contributed by atoms with Gasteiger partial charge in [0.1, 0.15) is 11.1 Å². The highest BCUT2D eigenvalue weighted by atomic mass is 35.5. The highest BCUT2D eigenvalue weighted by Crippen LogP contribution is 2.29. The molecule has 0 N–H and O–H groups in total. The molecule has 1 aromatic heterocycles. The molecule has 0 spiro atoms. The third-order valence-corrected chi connectivity index (χ3v) is 3.04. The van der Waals surface area contributed by atoms with Gasteiger partial charge in [0.2, 0.25) is 0 Å². The summed E-state index contributed by atoms with van der Waals surface area (Å²) in [7, 11) is 0. The molecule has 0 amide bonds. The zero-order valence-electron chi connectivity index (χ0n) is 8.09. The first-order chi connectivity index (χ1) is 7.79. The van der Waals surface area contributed by atoms with Crippen LogP contribution in [0.5, 0.6) is 0 Å². The highest BCUT2D eigenvalue weighted by molar-refractivity contribution is 7.99. The first kappa shape index (κ1) is 10.9. The van der Waals surface area contributed by atoms with E-state index >= 15 is 0 Å². The molecule has 1 heterocycles. The van der Waals surface area contributed by atoms with Crippen LogP contribution in [0.2, 0.25) is 5.02 Å². The van der Waals surface area contributed by atoms with Crippen molar-refractivity contribution in [3.05, 3.63) is 47.1 Å². The van der Waals surface area contributed by atoms with E-state index in [0.29, 0.717) is 15.6 Å². The van der Waals surface area contributed by atoms with Crippen molar-refractivity contribution in [2.75, 3.05) is 0 Å². The third kappa shape index (κ3) is 2.51. The average molecular weight is 248 g/mol. The molecular weight excluding hydrogens is 242 g/mol. The number of rotatable bonds is 2. The number of benzene rings is 1. The standard InChI is InChI=1S/C11H6ClN3S/c12-9-2-1-3-10(6-9)16-11-8(7-13)4-5-14-15-11/h1-6H. The van der Waals surface area contributed by atoms with E-state index in [0.717, 1.165) is 4.90 Å². The molecule has 0 aliphatic carbocycles. The minimum atomic E-state index is 0.514. The molecule has 0 bridgehead atoms. The van der Waals surface area contributed by atoms with Crippen LogP contribution in [0.1, 0.15) is 5.56 Å². The Morgan fingerprint density at radius 2 is 2.19 bits per heavy atom. The molecule has 0 aliphatic rings. The molecule has 1 aromatic carbocycles. The van der Waals surface area contributed by atoms with Crippen molar-refractivity contribution in [1.29, 1.82) is 5.26 Å². The Balaban J connectivity index is 2.31. The molecule has 0 saturated heterocycles. The van der Waals surface area contributed by atoms with Crippen LogP contribution in [-0.2, 0) is 0 Å². The van der Waals surface area contributed by atoms with Crippen molar-refractivity contribution >= 4 is 23.4 Å². The van der Waals surface area contributed by atoms with Crippen molar-refractivity contribution in [1.82, 2.24) is 10.2 Å². The average Bonchev–Trinajstić information content (AvgIpc) is 2.30. The predicted octanol–water partition coefficient (Wildman–Crippen LogP) is 3.15. The van der Waals surface area contributed by atoms with Crippen molar-refractivity contribution in [2.24, 2.45) is 0 Å². The Morgan fingerprint density at radius 3 is 2.94 bits per heavy atom. The van der Waals surface area contributed by atoms with Gasteiger partial charge in [0.25, 0.3) is 0 Å². The Hall–Kier alpha value is -1.57. The Bertz CT molecular complexity index is 551. The largest absolute Gasteiger partial charge is 0.192 e. The second kappa shape index (κ2) is 4.97. The van der Waals surface area contributed by atoms with Crippen LogP contribution >= 0.6 is 23.4 Å². The molecule has 0 unspecified atom stereocenters. The normalized spacial score (nSPS) is 9.75. The molecule has 2 rings (SSSR count). The molecule has 78 valence electrons. The predicted molar refractivity (Wildman–Crippen MR) is 62.3 cm³/mol. The van der Waals surface area contributed by atoms with Gasteiger partial charge in [-0.3, -0.25) is 0 Å². The molecule has 0 saturated carbocycles. The fourth-order valence-electron chi connectivity index (χ4n) is 1.12. The van der Waals surface area contributed by atoms with Crippen LogP contribution in [0, 0.1) is 11.3 Å². The van der Waals surface area contributed by atoms with Crippen LogP contribution in [0.4, 0.5) is 0 Å². The second-order valence-electron chi connectivity index (χ2n) is 2.92. The lowest BCUT2D eigenvalue weighted by Crippen LogP contribution is -1.88. The van der Waals surface area contributed by atoms with Gasteiger partial charge in [0.15, 0.2) is 0 Å². The van der Waals surface area contributed by atoms with E-state index in [1.165, 1.54) is 18.0 Å². The summed E-state index contributed by atoms with van der Waals surface area (Å²) in [5.74, 6) is 0. The zero-order chi connectivity index (χ0) is 11.4. The minimum Gasteiger partial charge on any atom is -0.192 e. The molecule has 0 atom stereocenters. The van der Waals surface area contributed by atoms with Gasteiger partial charge in [-0.05, 0) is 24.3 Å². The van der Waals surface area contributed by atoms with Crippen LogP contribution in [0.3, 0.4) is 0 Å². The van der Waals surface area contributed by atoms with Crippen LogP contribution in [0.15, 0.2) is 46.5 Å². The minimum absolute atomic E-state index is 0.514. The summed E-state index contributed by atoms with van der Waals surface area (Å²) in [5, 5.41) is 17.8. The molecule has 2 aromatic rings. The molecule has 3 nitrogen and oxygen atoms in total. The molecule has 0 fully saturated rings. The maximum Gasteiger partial charge on any atom is 0.141 e. The fraction of sp³-hybridized carbons (Fsp3) is 0. The molecule has 5 heteroatoms. The van der Waals surface area contributed by atoms with E-state index in [4.69, 9.17) is 16.9 Å². The number of nitrogens with zero attached hydrogens (tertiary/aromatic N) is 3. The van der Waals surface area contributed by atoms with Crippen molar-refractivity contribution in [3.63, 3.8) is 0 Å². The Labute approximate surface area is 102 Å². The summed E-state index contributed by atoms with van der Waals surface area (Å²) in [5.41, 5.74) is 0.514. The van der Waals surface area contributed by atoms with Gasteiger partial charge in [-0.25, -0.2) is 0 Å². The zero-order valence-corrected chi connectivity index (χ0v) is 9.66. The first-order valence-corrected chi connectivity index (χ1v) is 5.64. The second-order valence-corrected chi connectivity index (χ2v) is 4.42. The van der Waals surface area contributed by atoms with Crippen molar-refractivity contribution in [3.8, 4) is 6.07 Å². The van der Waals surface area contributed by atoms with Crippen molar-refractivity contribution in [2.45, 2.75) is 9.92 Å². The van der Waals surface area contributed by atoms with E-state index in [-0.39, 0.29) is 0 Å². The number of aromatic nitrogens is 2. The lowest BCUT2D eigenvalue weighted by Gasteiger charge is -2.01. The molecule has 0 aliphatic heterocycles. The van der Waals surface area contributed by atoms with Gasteiger partial charge in [-0.2, -0.15) is 10.4 Å². The van der Waals surface area contributed by atoms with Gasteiger partial charge in [-0.1, -0.05) is 29.4 Å². The van der Waals surface area contributed by atoms with Crippen LogP contribution in [-0.4, -0.2) is 10.2 Å². The van der Waals surface area contributed by atoms with Crippen LogP contribution < -0.4 is 0 Å². The first-order valence-electron chi connectivity index (χ1n) is 4.45. The van der Waals surface area contributed by atoms with E-state index in [2.05, 4.69) is 16.3 Å². The Morgan fingerprint density at radius 1 is 1.31 bits per heavy atom. The summed E-state index contributed by atoms with van der Waals surface area (Å²) in [4.78, 5) is 0.935. The van der Waals surface area contributed by atoms with Gasteiger partial charge in [0.05, 0.1) is 11.8 Å². The smallest absolute Gasteiger partial charge is 0.141 e. The van der Waals surface area contributed by atoms with E-state index < -0.39 is 0 Å². The van der Waals surface area contributed by atoms with Gasteiger partial charge < -0.3 is 0 Å². The third-order valence-electron chi connectivity index (χ3n) is 1.82. The quantitative estimate of drug-likeness (QED) is 0.818. The number of hydrogen-bond acceptors (Lipinski definition) is 4. The fourth-order valence-corrected chi connectivity index (χ4v) is 2.24. The topological polar surface area (TPSA) is 49.6 Å². The summed E-state index contributed by atoms with van der Waals surface area (Å²) >= 11 is 7.24. The monoisotopic (exact) mass is 247 g/mol. The van der Waals surface area contributed by atoms with E-state index in [9.17, 15) is 0 Å². The number of nitriles is 1. The van der Waals surface area contributed by atoms with Crippen LogP contribution in [0.25, 0.3) is 0 Å². The number of hydrogen-bond donors (Lipinski definition) is 0. The van der Waals surface area contributed by atoms with E-state index in [1.54, 1.807) is 12.1 Å². The maximum absolute atomic E-state index is 8.89. The van der Waals surface area contributed by atoms with Gasteiger partial charge in [-0.15, -0.1) is 5.10 Å². The summed E-state index contributed by atoms with van der Waals surface area (Å²) in [6.45, 7) is 0. The molecular formula is C11H6ClN3S. The molecule has 16 heavy (non-hydrogen) atoms. The summed E-state index contributed by atoms with van der Waals surface area (Å²) in [6, 6.07) is 11.1. The maximum atomic E-state index is 8.89. The lowest BCUT2D eigenvalue weighted by atomic mass is 10.3. The highest BCUT2D eigenvalue weighted by Gasteiger charge is 2.05. The van der Waals surface area contributed by atoms with Crippen molar-refractivity contribution < 1.29 is 0 Å². The number of halogens is 1. The summed E-state index contributed by atoms with van der Waals surface area (Å²) in [6.07, 6.45) is 1.50. The summed E-state index contributed by atoms with van der Waals surface area (Å²) < 4.78 is 0. The lowest BCUT2D eigenvalue weighted by molar-refractivity contribution is 0.920. The van der Waals surface area contributed by atoms with Gasteiger partial charge >= 0.3 is 0 Å².